The Morgan fingerprint density at radius 1 is 1.31 bits per heavy atom. The topological polar surface area (TPSA) is 113 Å². The lowest BCUT2D eigenvalue weighted by molar-refractivity contribution is -0.322. The number of methoxy groups -OCH3 is 1. The number of rotatable bonds is 8. The van der Waals surface area contributed by atoms with E-state index in [1.165, 1.54) is 7.11 Å². The van der Waals surface area contributed by atoms with Gasteiger partial charge in [-0.1, -0.05) is 24.3 Å². The van der Waals surface area contributed by atoms with Crippen LogP contribution in [-0.2, 0) is 32.4 Å². The van der Waals surface area contributed by atoms with Crippen LogP contribution in [-0.4, -0.2) is 48.6 Å². The highest BCUT2D eigenvalue weighted by atomic mass is 17.2. The Balaban J connectivity index is 1.79. The molecule has 0 amide bonds. The number of hydrogen-bond donors (Lipinski definition) is 1. The Morgan fingerprint density at radius 2 is 2.11 bits per heavy atom. The van der Waals surface area contributed by atoms with Gasteiger partial charge in [0.05, 0.1) is 18.7 Å². The summed E-state index contributed by atoms with van der Waals surface area (Å²) < 4.78 is 5.10. The molecular weight excluding hydrogens is 450 g/mol. The second kappa shape index (κ2) is 10.1. The Labute approximate surface area is 204 Å². The lowest BCUT2D eigenvalue weighted by Gasteiger charge is -2.51. The number of aromatic nitrogens is 1. The number of allylic oxidation sites excluding steroid dienone is 1. The molecule has 9 heteroatoms. The molecule has 0 saturated heterocycles. The first kappa shape index (κ1) is 24.7. The molecule has 4 rings (SSSR count). The predicted molar refractivity (Wildman–Crippen MR) is 125 cm³/mol. The zero-order chi connectivity index (χ0) is 25.2. The number of pyridine rings is 1. The zero-order valence-corrected chi connectivity index (χ0v) is 20.4. The first-order valence-corrected chi connectivity index (χ1v) is 11.5. The molecule has 1 aromatic carbocycles. The van der Waals surface area contributed by atoms with Crippen LogP contribution in [0.1, 0.15) is 42.9 Å². The van der Waals surface area contributed by atoms with Crippen molar-refractivity contribution in [1.29, 1.82) is 0 Å². The van der Waals surface area contributed by atoms with Crippen molar-refractivity contribution >= 4 is 11.9 Å². The number of carbonyl (C=O) groups is 2. The Morgan fingerprint density at radius 3 is 2.80 bits per heavy atom. The second-order valence-corrected chi connectivity index (χ2v) is 9.19. The molecule has 0 saturated carbocycles. The van der Waals surface area contributed by atoms with Gasteiger partial charge in [-0.3, -0.25) is 4.98 Å². The van der Waals surface area contributed by atoms with Crippen LogP contribution >= 0.6 is 0 Å². The minimum atomic E-state index is -1.48. The van der Waals surface area contributed by atoms with Crippen LogP contribution in [0.15, 0.2) is 54.0 Å². The predicted octanol–water partition coefficient (Wildman–Crippen LogP) is 1.69. The number of carboxylic acids is 1. The first-order chi connectivity index (χ1) is 16.8. The molecule has 0 bridgehead atoms. The number of aliphatic carboxylic acids is 1. The van der Waals surface area contributed by atoms with E-state index in [0.29, 0.717) is 30.1 Å². The van der Waals surface area contributed by atoms with E-state index < -0.39 is 29.3 Å². The molecule has 2 aliphatic heterocycles. The highest BCUT2D eigenvalue weighted by molar-refractivity contribution is 5.94. The fourth-order valence-corrected chi connectivity index (χ4v) is 5.28. The molecule has 1 aromatic heterocycles. The fraction of sp³-hybridized carbons (Fsp3) is 0.423. The van der Waals surface area contributed by atoms with Crippen molar-refractivity contribution in [3.8, 4) is 5.75 Å². The Kier molecular flexibility index (Phi) is 7.09. The second-order valence-electron chi connectivity index (χ2n) is 9.19. The number of fused-ring (bicyclic) bond motifs is 1. The van der Waals surface area contributed by atoms with Gasteiger partial charge in [-0.05, 0) is 45.5 Å². The quantitative estimate of drug-likeness (QED) is 0.445. The van der Waals surface area contributed by atoms with E-state index >= 15 is 0 Å². The molecule has 3 unspecified atom stereocenters. The summed E-state index contributed by atoms with van der Waals surface area (Å²) in [6.07, 6.45) is 3.70. The number of nitrogens with one attached hydrogen (secondary N) is 1. The molecule has 186 valence electrons. The maximum atomic E-state index is 13.1. The van der Waals surface area contributed by atoms with E-state index in [1.54, 1.807) is 25.4 Å². The minimum absolute atomic E-state index is 0.212. The Hall–Kier alpha value is -3.43. The van der Waals surface area contributed by atoms with Gasteiger partial charge in [0.1, 0.15) is 6.61 Å². The van der Waals surface area contributed by atoms with Crippen LogP contribution in [0.3, 0.4) is 0 Å². The van der Waals surface area contributed by atoms with Gasteiger partial charge in [-0.25, -0.2) is 4.79 Å². The normalized spacial score (nSPS) is 23.5. The fourth-order valence-electron chi connectivity index (χ4n) is 5.28. The number of nitrogens with zero attached hydrogens (tertiary/aromatic N) is 2. The van der Waals surface area contributed by atoms with E-state index in [1.807, 2.05) is 43.1 Å². The van der Waals surface area contributed by atoms with Crippen molar-refractivity contribution in [3.63, 3.8) is 0 Å². The maximum Gasteiger partial charge on any atom is 0.336 e. The average molecular weight is 481 g/mol. The number of benzene rings is 1. The first-order valence-electron chi connectivity index (χ1n) is 11.5. The van der Waals surface area contributed by atoms with E-state index in [0.717, 1.165) is 11.1 Å². The Bertz CT molecular complexity index is 1140. The third kappa shape index (κ3) is 4.49. The molecule has 0 radical (unpaired) electrons. The standard InChI is InChI=1S/C26H31N3O6/c1-16-21(24(30)33-4)22(20-9-5-8-19-15-34-35-23(19)20)26(25(31)32,17(2)28-16)10-12-29(3)14-18-7-6-11-27-13-18/h5-9,11,13,17,22,28H,10,12,14-15H2,1-4H3,(H,31,32)/p-1. The molecule has 1 N–H and O–H groups in total. The molecule has 2 aliphatic rings. The summed E-state index contributed by atoms with van der Waals surface area (Å²) in [6, 6.07) is 8.74. The van der Waals surface area contributed by atoms with E-state index in [4.69, 9.17) is 14.5 Å². The van der Waals surface area contributed by atoms with Crippen LogP contribution in [0, 0.1) is 5.41 Å². The number of carboxylic acid groups (broad SMARTS) is 1. The molecule has 3 heterocycles. The van der Waals surface area contributed by atoms with Gasteiger partial charge in [0.15, 0.2) is 5.75 Å². The summed E-state index contributed by atoms with van der Waals surface area (Å²) in [5.74, 6) is -2.28. The van der Waals surface area contributed by atoms with Crippen LogP contribution in [0.2, 0.25) is 0 Å². The lowest BCUT2D eigenvalue weighted by Crippen LogP contribution is -2.61. The molecule has 0 spiro atoms. The SMILES string of the molecule is COC(=O)C1=C(C)NC(C)C(CCN(C)Cc2cccnc2)(C(=O)[O-])C1c1cccc2c1OOC2. The maximum absolute atomic E-state index is 13.1. The summed E-state index contributed by atoms with van der Waals surface area (Å²) in [5, 5.41) is 16.3. The van der Waals surface area contributed by atoms with Crippen molar-refractivity contribution in [2.24, 2.45) is 5.41 Å². The van der Waals surface area contributed by atoms with Gasteiger partial charge in [0, 0.05) is 53.1 Å². The number of carbonyl (C=O) groups excluding carboxylic acids is 2. The van der Waals surface area contributed by atoms with Crippen molar-refractivity contribution in [3.05, 3.63) is 70.7 Å². The van der Waals surface area contributed by atoms with Crippen molar-refractivity contribution in [1.82, 2.24) is 15.2 Å². The van der Waals surface area contributed by atoms with Crippen LogP contribution in [0.25, 0.3) is 0 Å². The third-order valence-electron chi connectivity index (χ3n) is 7.08. The smallest absolute Gasteiger partial charge is 0.336 e. The van der Waals surface area contributed by atoms with Gasteiger partial charge in [-0.2, -0.15) is 4.89 Å². The molecule has 0 aliphatic carbocycles. The summed E-state index contributed by atoms with van der Waals surface area (Å²) in [5.41, 5.74) is 1.69. The van der Waals surface area contributed by atoms with Crippen LogP contribution < -0.4 is 15.3 Å². The van der Waals surface area contributed by atoms with Gasteiger partial charge in [-0.15, -0.1) is 0 Å². The number of hydrogen-bond acceptors (Lipinski definition) is 9. The molecule has 35 heavy (non-hydrogen) atoms. The van der Waals surface area contributed by atoms with Gasteiger partial charge < -0.3 is 29.7 Å². The van der Waals surface area contributed by atoms with Gasteiger partial charge in [0.2, 0.25) is 0 Å². The van der Waals surface area contributed by atoms with Crippen molar-refractivity contribution in [2.45, 2.75) is 45.4 Å². The van der Waals surface area contributed by atoms with E-state index in [-0.39, 0.29) is 18.6 Å². The van der Waals surface area contributed by atoms with E-state index in [2.05, 4.69) is 10.3 Å². The molecule has 3 atom stereocenters. The summed E-state index contributed by atoms with van der Waals surface area (Å²) in [7, 11) is 3.21. The van der Waals surface area contributed by atoms with Crippen LogP contribution in [0.5, 0.6) is 5.75 Å². The summed E-state index contributed by atoms with van der Waals surface area (Å²) in [4.78, 5) is 43.0. The van der Waals surface area contributed by atoms with Gasteiger partial charge >= 0.3 is 5.97 Å². The summed E-state index contributed by atoms with van der Waals surface area (Å²) in [6.45, 7) is 4.84. The number of ether oxygens (including phenoxy) is 1. The van der Waals surface area contributed by atoms with Crippen LogP contribution in [0.4, 0.5) is 0 Å². The number of esters is 1. The van der Waals surface area contributed by atoms with Crippen molar-refractivity contribution in [2.75, 3.05) is 20.7 Å². The minimum Gasteiger partial charge on any atom is -0.549 e. The molecule has 9 nitrogen and oxygen atoms in total. The highest BCUT2D eigenvalue weighted by Crippen LogP contribution is 2.53. The molecular formula is C26H30N3O6-. The van der Waals surface area contributed by atoms with Crippen molar-refractivity contribution < 1.29 is 29.2 Å². The third-order valence-corrected chi connectivity index (χ3v) is 7.08. The number of para-hydroxylation sites is 1. The zero-order valence-electron chi connectivity index (χ0n) is 20.4. The molecule has 0 fully saturated rings. The highest BCUT2D eigenvalue weighted by Gasteiger charge is 2.53. The monoisotopic (exact) mass is 480 g/mol. The average Bonchev–Trinajstić information content (AvgIpc) is 3.32. The van der Waals surface area contributed by atoms with E-state index in [9.17, 15) is 14.7 Å². The molecule has 2 aromatic rings. The largest absolute Gasteiger partial charge is 0.549 e. The summed E-state index contributed by atoms with van der Waals surface area (Å²) >= 11 is 0. The van der Waals surface area contributed by atoms with Gasteiger partial charge in [0.25, 0.3) is 0 Å². The lowest BCUT2D eigenvalue weighted by atomic mass is 9.60.